The topological polar surface area (TPSA) is 55.1 Å². The first kappa shape index (κ1) is 14.3. The summed E-state index contributed by atoms with van der Waals surface area (Å²) in [6, 6.07) is 14.7. The molecule has 1 heterocycles. The van der Waals surface area contributed by atoms with Crippen molar-refractivity contribution in [2.75, 3.05) is 5.32 Å². The number of amides is 1. The summed E-state index contributed by atoms with van der Waals surface area (Å²) < 4.78 is 18.8. The van der Waals surface area contributed by atoms with Gasteiger partial charge in [-0.25, -0.2) is 4.39 Å². The van der Waals surface area contributed by atoms with Gasteiger partial charge in [0.25, 0.3) is 5.91 Å². The zero-order valence-corrected chi connectivity index (χ0v) is 12.0. The molecule has 22 heavy (non-hydrogen) atoms. The molecule has 6 heteroatoms. The fourth-order valence-electron chi connectivity index (χ4n) is 1.90. The van der Waals surface area contributed by atoms with Crippen molar-refractivity contribution in [1.82, 2.24) is 5.16 Å². The van der Waals surface area contributed by atoms with Crippen molar-refractivity contribution in [1.29, 1.82) is 0 Å². The molecule has 110 valence electrons. The third-order valence-corrected chi connectivity index (χ3v) is 3.22. The lowest BCUT2D eigenvalue weighted by atomic mass is 10.1. The Kier molecular flexibility index (Phi) is 3.89. The van der Waals surface area contributed by atoms with E-state index in [0.717, 1.165) is 11.6 Å². The Morgan fingerprint density at radius 3 is 2.64 bits per heavy atom. The molecule has 0 atom stereocenters. The second-order valence-electron chi connectivity index (χ2n) is 4.52. The molecule has 0 saturated carbocycles. The van der Waals surface area contributed by atoms with Gasteiger partial charge in [0.15, 0.2) is 11.5 Å². The molecule has 0 aliphatic rings. The van der Waals surface area contributed by atoms with Crippen LogP contribution in [0.5, 0.6) is 0 Å². The summed E-state index contributed by atoms with van der Waals surface area (Å²) in [6.45, 7) is 0. The molecule has 0 aliphatic heterocycles. The summed E-state index contributed by atoms with van der Waals surface area (Å²) in [5.41, 5.74) is 0.888. The van der Waals surface area contributed by atoms with Gasteiger partial charge in [0.1, 0.15) is 5.82 Å². The number of benzene rings is 2. The molecule has 1 N–H and O–H groups in total. The third-order valence-electron chi connectivity index (χ3n) is 2.98. The van der Waals surface area contributed by atoms with E-state index in [9.17, 15) is 9.18 Å². The van der Waals surface area contributed by atoms with Crippen LogP contribution in [0, 0.1) is 5.82 Å². The SMILES string of the molecule is O=C(Nc1ccc(Cl)cc1F)c1cc(-c2ccccc2)on1. The van der Waals surface area contributed by atoms with Gasteiger partial charge in [-0.1, -0.05) is 47.1 Å². The zero-order chi connectivity index (χ0) is 15.5. The molecule has 3 aromatic rings. The van der Waals surface area contributed by atoms with E-state index in [4.69, 9.17) is 16.1 Å². The molecular formula is C16H10ClFN2O2. The van der Waals surface area contributed by atoms with Crippen LogP contribution in [0.15, 0.2) is 59.1 Å². The van der Waals surface area contributed by atoms with Gasteiger partial charge in [-0.2, -0.15) is 0 Å². The highest BCUT2D eigenvalue weighted by atomic mass is 35.5. The lowest BCUT2D eigenvalue weighted by molar-refractivity contribution is 0.101. The maximum Gasteiger partial charge on any atom is 0.277 e. The van der Waals surface area contributed by atoms with E-state index in [-0.39, 0.29) is 16.4 Å². The minimum Gasteiger partial charge on any atom is -0.355 e. The lowest BCUT2D eigenvalue weighted by Crippen LogP contribution is -2.13. The van der Waals surface area contributed by atoms with Crippen LogP contribution in [0.3, 0.4) is 0 Å². The summed E-state index contributed by atoms with van der Waals surface area (Å²) in [4.78, 5) is 12.1. The van der Waals surface area contributed by atoms with Crippen molar-refractivity contribution >= 4 is 23.2 Å². The van der Waals surface area contributed by atoms with Crippen molar-refractivity contribution in [3.05, 3.63) is 71.1 Å². The maximum absolute atomic E-state index is 13.7. The Hall–Kier alpha value is -2.66. The number of hydrogen-bond donors (Lipinski definition) is 1. The predicted molar refractivity (Wildman–Crippen MR) is 81.3 cm³/mol. The fourth-order valence-corrected chi connectivity index (χ4v) is 2.06. The minimum absolute atomic E-state index is 0.0265. The number of anilines is 1. The molecule has 0 radical (unpaired) electrons. The molecular weight excluding hydrogens is 307 g/mol. The monoisotopic (exact) mass is 316 g/mol. The Balaban J connectivity index is 1.80. The normalized spacial score (nSPS) is 10.5. The Bertz CT molecular complexity index is 818. The largest absolute Gasteiger partial charge is 0.355 e. The number of rotatable bonds is 3. The Morgan fingerprint density at radius 2 is 1.91 bits per heavy atom. The van der Waals surface area contributed by atoms with Crippen LogP contribution >= 0.6 is 11.6 Å². The van der Waals surface area contributed by atoms with E-state index >= 15 is 0 Å². The standard InChI is InChI=1S/C16H10ClFN2O2/c17-11-6-7-13(12(18)8-11)19-16(21)14-9-15(22-20-14)10-4-2-1-3-5-10/h1-9H,(H,19,21). The summed E-state index contributed by atoms with van der Waals surface area (Å²) >= 11 is 5.66. The van der Waals surface area contributed by atoms with Gasteiger partial charge in [0, 0.05) is 16.7 Å². The number of carbonyl (C=O) groups excluding carboxylic acids is 1. The zero-order valence-electron chi connectivity index (χ0n) is 11.2. The van der Waals surface area contributed by atoms with Crippen molar-refractivity contribution in [3.63, 3.8) is 0 Å². The van der Waals surface area contributed by atoms with Crippen molar-refractivity contribution in [2.45, 2.75) is 0 Å². The van der Waals surface area contributed by atoms with E-state index < -0.39 is 11.7 Å². The molecule has 0 fully saturated rings. The van der Waals surface area contributed by atoms with Crippen molar-refractivity contribution in [3.8, 4) is 11.3 Å². The second kappa shape index (κ2) is 5.99. The molecule has 0 aliphatic carbocycles. The number of nitrogens with zero attached hydrogens (tertiary/aromatic N) is 1. The average molecular weight is 317 g/mol. The van der Waals surface area contributed by atoms with Crippen LogP contribution in [-0.4, -0.2) is 11.1 Å². The molecule has 1 aromatic heterocycles. The molecule has 0 saturated heterocycles. The number of hydrogen-bond acceptors (Lipinski definition) is 3. The Labute approximate surface area is 130 Å². The Morgan fingerprint density at radius 1 is 1.14 bits per heavy atom. The quantitative estimate of drug-likeness (QED) is 0.779. The van der Waals surface area contributed by atoms with Crippen LogP contribution in [-0.2, 0) is 0 Å². The molecule has 3 rings (SSSR count). The summed E-state index contributed by atoms with van der Waals surface area (Å²) in [7, 11) is 0. The van der Waals surface area contributed by atoms with Gasteiger partial charge in [0.05, 0.1) is 5.69 Å². The van der Waals surface area contributed by atoms with E-state index in [0.29, 0.717) is 5.76 Å². The summed E-state index contributed by atoms with van der Waals surface area (Å²) in [6.07, 6.45) is 0. The first-order valence-electron chi connectivity index (χ1n) is 6.42. The van der Waals surface area contributed by atoms with Gasteiger partial charge in [0.2, 0.25) is 0 Å². The van der Waals surface area contributed by atoms with Crippen LogP contribution in [0.2, 0.25) is 5.02 Å². The van der Waals surface area contributed by atoms with Crippen molar-refractivity contribution in [2.24, 2.45) is 0 Å². The molecule has 0 spiro atoms. The first-order chi connectivity index (χ1) is 10.6. The van der Waals surface area contributed by atoms with E-state index in [1.165, 1.54) is 18.2 Å². The van der Waals surface area contributed by atoms with E-state index in [1.807, 2.05) is 30.3 Å². The highest BCUT2D eigenvalue weighted by molar-refractivity contribution is 6.30. The maximum atomic E-state index is 13.7. The van der Waals surface area contributed by atoms with Crippen molar-refractivity contribution < 1.29 is 13.7 Å². The molecule has 0 bridgehead atoms. The molecule has 1 amide bonds. The van der Waals surface area contributed by atoms with Crippen LogP contribution in [0.25, 0.3) is 11.3 Å². The first-order valence-corrected chi connectivity index (χ1v) is 6.80. The highest BCUT2D eigenvalue weighted by Crippen LogP contribution is 2.22. The third kappa shape index (κ3) is 2.99. The van der Waals surface area contributed by atoms with Gasteiger partial charge in [-0.15, -0.1) is 0 Å². The van der Waals surface area contributed by atoms with Crippen LogP contribution in [0.1, 0.15) is 10.5 Å². The van der Waals surface area contributed by atoms with Gasteiger partial charge in [-0.3, -0.25) is 4.79 Å². The second-order valence-corrected chi connectivity index (χ2v) is 4.96. The smallest absolute Gasteiger partial charge is 0.277 e. The van der Waals surface area contributed by atoms with Crippen LogP contribution < -0.4 is 5.32 Å². The molecule has 0 unspecified atom stereocenters. The van der Waals surface area contributed by atoms with Crippen LogP contribution in [0.4, 0.5) is 10.1 Å². The van der Waals surface area contributed by atoms with Gasteiger partial charge < -0.3 is 9.84 Å². The number of halogens is 2. The number of aromatic nitrogens is 1. The highest BCUT2D eigenvalue weighted by Gasteiger charge is 2.15. The average Bonchev–Trinajstić information content (AvgIpc) is 3.01. The van der Waals surface area contributed by atoms with Gasteiger partial charge >= 0.3 is 0 Å². The molecule has 4 nitrogen and oxygen atoms in total. The predicted octanol–water partition coefficient (Wildman–Crippen LogP) is 4.39. The number of carbonyl (C=O) groups is 1. The van der Waals surface area contributed by atoms with E-state index in [1.54, 1.807) is 0 Å². The van der Waals surface area contributed by atoms with Gasteiger partial charge in [-0.05, 0) is 18.2 Å². The summed E-state index contributed by atoms with van der Waals surface area (Å²) in [5.74, 6) is -0.720. The lowest BCUT2D eigenvalue weighted by Gasteiger charge is -2.04. The van der Waals surface area contributed by atoms with E-state index in [2.05, 4.69) is 10.5 Å². The minimum atomic E-state index is -0.618. The fraction of sp³-hybridized carbons (Fsp3) is 0. The summed E-state index contributed by atoms with van der Waals surface area (Å²) in [5, 5.41) is 6.38. The molecule has 2 aromatic carbocycles. The number of nitrogens with one attached hydrogen (secondary N) is 1.